The van der Waals surface area contributed by atoms with Crippen molar-refractivity contribution in [3.63, 3.8) is 0 Å². The Hall–Kier alpha value is -0.610. The zero-order valence-corrected chi connectivity index (χ0v) is 10.2. The predicted molar refractivity (Wildman–Crippen MR) is 62.1 cm³/mol. The molecule has 4 atom stereocenters. The lowest BCUT2D eigenvalue weighted by Crippen LogP contribution is -2.49. The van der Waals surface area contributed by atoms with E-state index in [2.05, 4.69) is 17.6 Å². The Bertz CT molecular complexity index is 257. The molecule has 2 aliphatic heterocycles. The molecule has 16 heavy (non-hydrogen) atoms. The molecule has 2 fully saturated rings. The maximum Gasteiger partial charge on any atom is 0.225 e. The second-order valence-electron chi connectivity index (χ2n) is 5.16. The van der Waals surface area contributed by atoms with Gasteiger partial charge in [0.05, 0.1) is 18.6 Å². The summed E-state index contributed by atoms with van der Waals surface area (Å²) in [6, 6.07) is 0.338. The van der Waals surface area contributed by atoms with Crippen LogP contribution in [0.4, 0.5) is 0 Å². The van der Waals surface area contributed by atoms with Gasteiger partial charge in [0, 0.05) is 6.04 Å². The van der Waals surface area contributed by atoms with Crippen LogP contribution in [-0.2, 0) is 9.53 Å². The van der Waals surface area contributed by atoms with E-state index in [-0.39, 0.29) is 17.9 Å². The first-order valence-corrected chi connectivity index (χ1v) is 6.29. The summed E-state index contributed by atoms with van der Waals surface area (Å²) in [5, 5.41) is 6.51. The minimum Gasteiger partial charge on any atom is -0.378 e. The van der Waals surface area contributed by atoms with Crippen molar-refractivity contribution in [2.75, 3.05) is 19.7 Å². The maximum atomic E-state index is 12.0. The number of carbonyl (C=O) groups is 1. The van der Waals surface area contributed by atoms with Gasteiger partial charge in [-0.05, 0) is 38.8 Å². The largest absolute Gasteiger partial charge is 0.378 e. The first-order valence-electron chi connectivity index (χ1n) is 6.29. The van der Waals surface area contributed by atoms with Gasteiger partial charge in [-0.3, -0.25) is 4.79 Å². The SMILES string of the molecule is CC1CC(C(=O)NC2CCNCC2C)CO1. The molecule has 4 unspecified atom stereocenters. The molecular formula is C12H22N2O2. The second kappa shape index (κ2) is 5.15. The Morgan fingerprint density at radius 3 is 2.88 bits per heavy atom. The summed E-state index contributed by atoms with van der Waals surface area (Å²) in [5.41, 5.74) is 0. The van der Waals surface area contributed by atoms with Crippen molar-refractivity contribution in [1.82, 2.24) is 10.6 Å². The summed E-state index contributed by atoms with van der Waals surface area (Å²) in [4.78, 5) is 12.0. The number of hydrogen-bond acceptors (Lipinski definition) is 3. The van der Waals surface area contributed by atoms with Gasteiger partial charge in [0.25, 0.3) is 0 Å². The number of carbonyl (C=O) groups excluding carboxylic acids is 1. The van der Waals surface area contributed by atoms with Gasteiger partial charge in [-0.15, -0.1) is 0 Å². The molecule has 2 saturated heterocycles. The van der Waals surface area contributed by atoms with Crippen LogP contribution in [0.1, 0.15) is 26.7 Å². The van der Waals surface area contributed by atoms with Crippen LogP contribution >= 0.6 is 0 Å². The topological polar surface area (TPSA) is 50.4 Å². The van der Waals surface area contributed by atoms with Crippen molar-refractivity contribution in [2.45, 2.75) is 38.8 Å². The highest BCUT2D eigenvalue weighted by Gasteiger charge is 2.31. The molecule has 0 spiro atoms. The highest BCUT2D eigenvalue weighted by atomic mass is 16.5. The minimum atomic E-state index is 0.0667. The second-order valence-corrected chi connectivity index (χ2v) is 5.16. The molecule has 0 saturated carbocycles. The highest BCUT2D eigenvalue weighted by Crippen LogP contribution is 2.20. The normalized spacial score (nSPS) is 39.6. The van der Waals surface area contributed by atoms with Gasteiger partial charge in [-0.1, -0.05) is 6.92 Å². The van der Waals surface area contributed by atoms with Crippen LogP contribution in [0.15, 0.2) is 0 Å². The standard InChI is InChI=1S/C12H22N2O2/c1-8-6-13-4-3-11(8)14-12(15)10-5-9(2)16-7-10/h8-11,13H,3-7H2,1-2H3,(H,14,15). The van der Waals surface area contributed by atoms with E-state index < -0.39 is 0 Å². The fraction of sp³-hybridized carbons (Fsp3) is 0.917. The molecular weight excluding hydrogens is 204 g/mol. The zero-order chi connectivity index (χ0) is 11.5. The number of rotatable bonds is 2. The van der Waals surface area contributed by atoms with Crippen LogP contribution in [-0.4, -0.2) is 37.7 Å². The molecule has 4 heteroatoms. The summed E-state index contributed by atoms with van der Waals surface area (Å²) in [7, 11) is 0. The zero-order valence-electron chi connectivity index (χ0n) is 10.2. The van der Waals surface area contributed by atoms with E-state index in [9.17, 15) is 4.79 Å². The average molecular weight is 226 g/mol. The molecule has 0 aromatic heterocycles. The van der Waals surface area contributed by atoms with Crippen molar-refractivity contribution in [2.24, 2.45) is 11.8 Å². The van der Waals surface area contributed by atoms with Crippen LogP contribution < -0.4 is 10.6 Å². The number of piperidine rings is 1. The van der Waals surface area contributed by atoms with E-state index in [1.54, 1.807) is 0 Å². The van der Waals surface area contributed by atoms with Gasteiger partial charge in [0.15, 0.2) is 0 Å². The monoisotopic (exact) mass is 226 g/mol. The Labute approximate surface area is 97.1 Å². The fourth-order valence-electron chi connectivity index (χ4n) is 2.53. The fourth-order valence-corrected chi connectivity index (χ4v) is 2.53. The lowest BCUT2D eigenvalue weighted by molar-refractivity contribution is -0.126. The van der Waals surface area contributed by atoms with Gasteiger partial charge >= 0.3 is 0 Å². The molecule has 92 valence electrons. The maximum absolute atomic E-state index is 12.0. The van der Waals surface area contributed by atoms with E-state index in [4.69, 9.17) is 4.74 Å². The number of hydrogen-bond donors (Lipinski definition) is 2. The Morgan fingerprint density at radius 2 is 2.25 bits per heavy atom. The van der Waals surface area contributed by atoms with Crippen LogP contribution in [0.3, 0.4) is 0 Å². The van der Waals surface area contributed by atoms with Crippen molar-refractivity contribution in [3.05, 3.63) is 0 Å². The van der Waals surface area contributed by atoms with E-state index in [1.165, 1.54) is 0 Å². The molecule has 0 aromatic rings. The van der Waals surface area contributed by atoms with E-state index >= 15 is 0 Å². The number of ether oxygens (including phenoxy) is 1. The highest BCUT2D eigenvalue weighted by molar-refractivity contribution is 5.79. The van der Waals surface area contributed by atoms with Crippen LogP contribution in [0.25, 0.3) is 0 Å². The van der Waals surface area contributed by atoms with E-state index in [0.29, 0.717) is 18.6 Å². The molecule has 0 radical (unpaired) electrons. The lowest BCUT2D eigenvalue weighted by Gasteiger charge is -2.30. The molecule has 2 heterocycles. The molecule has 2 aliphatic rings. The van der Waals surface area contributed by atoms with E-state index in [0.717, 1.165) is 25.9 Å². The van der Waals surface area contributed by atoms with Gasteiger partial charge in [0.1, 0.15) is 0 Å². The molecule has 0 aromatic carbocycles. The third-order valence-electron chi connectivity index (χ3n) is 3.68. The lowest BCUT2D eigenvalue weighted by atomic mass is 9.94. The number of nitrogens with one attached hydrogen (secondary N) is 2. The van der Waals surface area contributed by atoms with E-state index in [1.807, 2.05) is 6.92 Å². The molecule has 2 N–H and O–H groups in total. The summed E-state index contributed by atoms with van der Waals surface area (Å²) in [6.45, 7) is 6.81. The first-order chi connectivity index (χ1) is 7.66. The van der Waals surface area contributed by atoms with Crippen LogP contribution in [0, 0.1) is 11.8 Å². The van der Waals surface area contributed by atoms with Crippen molar-refractivity contribution < 1.29 is 9.53 Å². The minimum absolute atomic E-state index is 0.0667. The summed E-state index contributed by atoms with van der Waals surface area (Å²) in [6.07, 6.45) is 2.14. The third-order valence-corrected chi connectivity index (χ3v) is 3.68. The molecule has 0 bridgehead atoms. The molecule has 4 nitrogen and oxygen atoms in total. The Balaban J connectivity index is 1.82. The molecule has 2 rings (SSSR count). The van der Waals surface area contributed by atoms with Gasteiger partial charge in [0.2, 0.25) is 5.91 Å². The quantitative estimate of drug-likeness (QED) is 0.722. The summed E-state index contributed by atoms with van der Waals surface area (Å²) < 4.78 is 5.43. The molecule has 1 amide bonds. The van der Waals surface area contributed by atoms with Crippen LogP contribution in [0.2, 0.25) is 0 Å². The molecule has 0 aliphatic carbocycles. The van der Waals surface area contributed by atoms with Gasteiger partial charge in [-0.25, -0.2) is 0 Å². The first kappa shape index (κ1) is 11.9. The average Bonchev–Trinajstić information content (AvgIpc) is 2.68. The van der Waals surface area contributed by atoms with Crippen molar-refractivity contribution in [3.8, 4) is 0 Å². The van der Waals surface area contributed by atoms with Gasteiger partial charge in [-0.2, -0.15) is 0 Å². The smallest absolute Gasteiger partial charge is 0.225 e. The van der Waals surface area contributed by atoms with Crippen molar-refractivity contribution >= 4 is 5.91 Å². The van der Waals surface area contributed by atoms with Gasteiger partial charge < -0.3 is 15.4 Å². The number of amides is 1. The Morgan fingerprint density at radius 1 is 1.44 bits per heavy atom. The predicted octanol–water partition coefficient (Wildman–Crippen LogP) is 0.526. The summed E-state index contributed by atoms with van der Waals surface area (Å²) in [5.74, 6) is 0.776. The Kier molecular flexibility index (Phi) is 3.82. The summed E-state index contributed by atoms with van der Waals surface area (Å²) >= 11 is 0. The van der Waals surface area contributed by atoms with Crippen LogP contribution in [0.5, 0.6) is 0 Å². The third kappa shape index (κ3) is 2.74. The van der Waals surface area contributed by atoms with Crippen molar-refractivity contribution in [1.29, 1.82) is 0 Å².